The summed E-state index contributed by atoms with van der Waals surface area (Å²) >= 11 is 0. The van der Waals surface area contributed by atoms with Gasteiger partial charge in [-0.3, -0.25) is 4.90 Å². The Morgan fingerprint density at radius 2 is 1.87 bits per heavy atom. The normalized spacial score (nSPS) is 18.4. The van der Waals surface area contributed by atoms with Gasteiger partial charge < -0.3 is 10.1 Å². The lowest BCUT2D eigenvalue weighted by molar-refractivity contribution is 0.0753. The fourth-order valence-corrected chi connectivity index (χ4v) is 3.14. The van der Waals surface area contributed by atoms with Gasteiger partial charge in [-0.05, 0) is 65.1 Å². The smallest absolute Gasteiger partial charge is 0.407 e. The summed E-state index contributed by atoms with van der Waals surface area (Å²) in [6.45, 7) is 11.4. The van der Waals surface area contributed by atoms with Gasteiger partial charge in [0.2, 0.25) is 0 Å². The van der Waals surface area contributed by atoms with Crippen LogP contribution in [0.15, 0.2) is 30.3 Å². The molecule has 0 radical (unpaired) electrons. The number of piperidine rings is 1. The highest BCUT2D eigenvalue weighted by atomic mass is 16.5. The summed E-state index contributed by atoms with van der Waals surface area (Å²) in [6, 6.07) is 9.91. The zero-order valence-electron chi connectivity index (χ0n) is 14.8. The standard InChI is InChI=1S/C19H30N2O2/c1-15(17-10-12-21(13-11-17)19(2,3)4)20-18(22)23-14-16-8-6-5-7-9-16/h5-9,15,17H,10-14H2,1-4H3,(H,20,22). The van der Waals surface area contributed by atoms with E-state index in [1.54, 1.807) is 0 Å². The molecule has 128 valence electrons. The van der Waals surface area contributed by atoms with Gasteiger partial charge in [0.05, 0.1) is 0 Å². The van der Waals surface area contributed by atoms with Gasteiger partial charge >= 0.3 is 6.09 Å². The molecule has 4 heteroatoms. The predicted molar refractivity (Wildman–Crippen MR) is 93.3 cm³/mol. The van der Waals surface area contributed by atoms with Gasteiger partial charge in [-0.2, -0.15) is 0 Å². The topological polar surface area (TPSA) is 41.6 Å². The molecule has 0 spiro atoms. The van der Waals surface area contributed by atoms with E-state index in [-0.39, 0.29) is 17.7 Å². The molecular weight excluding hydrogens is 288 g/mol. The fourth-order valence-electron chi connectivity index (χ4n) is 3.14. The first-order chi connectivity index (χ1) is 10.9. The van der Waals surface area contributed by atoms with Gasteiger partial charge in [-0.25, -0.2) is 4.79 Å². The first-order valence-corrected chi connectivity index (χ1v) is 8.58. The van der Waals surface area contributed by atoms with Crippen LogP contribution in [0.25, 0.3) is 0 Å². The molecule has 0 aromatic heterocycles. The van der Waals surface area contributed by atoms with E-state index < -0.39 is 0 Å². The molecule has 1 aliphatic heterocycles. The Kier molecular flexibility index (Phi) is 6.05. The van der Waals surface area contributed by atoms with E-state index in [9.17, 15) is 4.79 Å². The van der Waals surface area contributed by atoms with Crippen molar-refractivity contribution < 1.29 is 9.53 Å². The number of benzene rings is 1. The van der Waals surface area contributed by atoms with Crippen LogP contribution in [0.3, 0.4) is 0 Å². The molecule has 4 nitrogen and oxygen atoms in total. The molecule has 1 unspecified atom stereocenters. The van der Waals surface area contributed by atoms with Crippen LogP contribution in [-0.2, 0) is 11.3 Å². The summed E-state index contributed by atoms with van der Waals surface area (Å²) in [5.41, 5.74) is 1.24. The lowest BCUT2D eigenvalue weighted by Gasteiger charge is -2.42. The summed E-state index contributed by atoms with van der Waals surface area (Å²) in [4.78, 5) is 14.5. The second-order valence-corrected chi connectivity index (χ2v) is 7.49. The second kappa shape index (κ2) is 7.82. The van der Waals surface area contributed by atoms with Gasteiger partial charge in [0.15, 0.2) is 0 Å². The maximum absolute atomic E-state index is 11.9. The molecule has 0 aliphatic carbocycles. The lowest BCUT2D eigenvalue weighted by atomic mass is 9.88. The SMILES string of the molecule is CC(NC(=O)OCc1ccccc1)C1CCN(C(C)(C)C)CC1. The Morgan fingerprint density at radius 1 is 1.26 bits per heavy atom. The van der Waals surface area contributed by atoms with Crippen LogP contribution in [0, 0.1) is 5.92 Å². The molecule has 0 bridgehead atoms. The van der Waals surface area contributed by atoms with Crippen molar-refractivity contribution >= 4 is 6.09 Å². The third kappa shape index (κ3) is 5.54. The maximum Gasteiger partial charge on any atom is 0.407 e. The molecule has 1 amide bonds. The molecule has 1 aromatic rings. The number of rotatable bonds is 4. The number of ether oxygens (including phenoxy) is 1. The molecule has 1 heterocycles. The molecular formula is C19H30N2O2. The van der Waals surface area contributed by atoms with E-state index in [1.165, 1.54) is 0 Å². The molecule has 1 aromatic carbocycles. The highest BCUT2D eigenvalue weighted by molar-refractivity contribution is 5.67. The summed E-state index contributed by atoms with van der Waals surface area (Å²) < 4.78 is 5.30. The van der Waals surface area contributed by atoms with Crippen molar-refractivity contribution in [3.8, 4) is 0 Å². The Bertz CT molecular complexity index is 488. The van der Waals surface area contributed by atoms with Crippen LogP contribution in [0.4, 0.5) is 4.79 Å². The number of amides is 1. The number of carbonyl (C=O) groups is 1. The third-order valence-corrected chi connectivity index (χ3v) is 4.75. The Balaban J connectivity index is 1.72. The van der Waals surface area contributed by atoms with E-state index in [4.69, 9.17) is 4.74 Å². The molecule has 0 saturated carbocycles. The summed E-state index contributed by atoms with van der Waals surface area (Å²) in [5.74, 6) is 0.526. The average molecular weight is 318 g/mol. The number of nitrogens with one attached hydrogen (secondary N) is 1. The third-order valence-electron chi connectivity index (χ3n) is 4.75. The molecule has 1 atom stereocenters. The molecule has 1 saturated heterocycles. The molecule has 23 heavy (non-hydrogen) atoms. The van der Waals surface area contributed by atoms with Crippen molar-refractivity contribution in [1.82, 2.24) is 10.2 Å². The Hall–Kier alpha value is -1.55. The first kappa shape index (κ1) is 17.8. The van der Waals surface area contributed by atoms with Crippen molar-refractivity contribution in [2.45, 2.75) is 58.7 Å². The number of hydrogen-bond acceptors (Lipinski definition) is 3. The van der Waals surface area contributed by atoms with Crippen LogP contribution in [0.5, 0.6) is 0 Å². The minimum atomic E-state index is -0.320. The first-order valence-electron chi connectivity index (χ1n) is 8.58. The minimum Gasteiger partial charge on any atom is -0.445 e. The molecule has 2 rings (SSSR count). The van der Waals surface area contributed by atoms with Crippen LogP contribution in [0.2, 0.25) is 0 Å². The van der Waals surface area contributed by atoms with Gasteiger partial charge in [-0.15, -0.1) is 0 Å². The van der Waals surface area contributed by atoms with E-state index in [0.717, 1.165) is 31.5 Å². The van der Waals surface area contributed by atoms with Crippen LogP contribution < -0.4 is 5.32 Å². The molecule has 1 N–H and O–H groups in total. The maximum atomic E-state index is 11.9. The highest BCUT2D eigenvalue weighted by Gasteiger charge is 2.29. The van der Waals surface area contributed by atoms with Crippen LogP contribution in [0.1, 0.15) is 46.1 Å². The van der Waals surface area contributed by atoms with E-state index in [2.05, 4.69) is 37.9 Å². The van der Waals surface area contributed by atoms with Crippen molar-refractivity contribution in [3.63, 3.8) is 0 Å². The summed E-state index contributed by atoms with van der Waals surface area (Å²) in [6.07, 6.45) is 1.93. The van der Waals surface area contributed by atoms with Crippen molar-refractivity contribution in [2.75, 3.05) is 13.1 Å². The fraction of sp³-hybridized carbons (Fsp3) is 0.632. The van der Waals surface area contributed by atoms with Gasteiger partial charge in [-0.1, -0.05) is 30.3 Å². The second-order valence-electron chi connectivity index (χ2n) is 7.49. The largest absolute Gasteiger partial charge is 0.445 e. The van der Waals surface area contributed by atoms with E-state index in [1.807, 2.05) is 30.3 Å². The molecule has 1 aliphatic rings. The average Bonchev–Trinajstić information content (AvgIpc) is 2.53. The zero-order chi connectivity index (χ0) is 16.9. The van der Waals surface area contributed by atoms with Gasteiger partial charge in [0.25, 0.3) is 0 Å². The monoisotopic (exact) mass is 318 g/mol. The van der Waals surface area contributed by atoms with Crippen molar-refractivity contribution in [3.05, 3.63) is 35.9 Å². The minimum absolute atomic E-state index is 0.153. The predicted octanol–water partition coefficient (Wildman–Crippen LogP) is 3.81. The van der Waals surface area contributed by atoms with Crippen LogP contribution in [-0.4, -0.2) is 35.7 Å². The highest BCUT2D eigenvalue weighted by Crippen LogP contribution is 2.25. The number of carbonyl (C=O) groups excluding carboxylic acids is 1. The molecule has 1 fully saturated rings. The summed E-state index contributed by atoms with van der Waals surface area (Å²) in [7, 11) is 0. The summed E-state index contributed by atoms with van der Waals surface area (Å²) in [5, 5.41) is 2.99. The quantitative estimate of drug-likeness (QED) is 0.918. The van der Waals surface area contributed by atoms with E-state index in [0.29, 0.717) is 12.5 Å². The number of alkyl carbamates (subject to hydrolysis) is 1. The van der Waals surface area contributed by atoms with Crippen LogP contribution >= 0.6 is 0 Å². The van der Waals surface area contributed by atoms with Crippen molar-refractivity contribution in [2.24, 2.45) is 5.92 Å². The van der Waals surface area contributed by atoms with Crippen molar-refractivity contribution in [1.29, 1.82) is 0 Å². The van der Waals surface area contributed by atoms with E-state index >= 15 is 0 Å². The lowest BCUT2D eigenvalue weighted by Crippen LogP contribution is -2.49. The zero-order valence-corrected chi connectivity index (χ0v) is 14.8. The Morgan fingerprint density at radius 3 is 2.43 bits per heavy atom. The number of likely N-dealkylation sites (tertiary alicyclic amines) is 1. The number of nitrogens with zero attached hydrogens (tertiary/aromatic N) is 1. The van der Waals surface area contributed by atoms with Gasteiger partial charge in [0, 0.05) is 11.6 Å². The Labute approximate surface area is 140 Å². The number of hydrogen-bond donors (Lipinski definition) is 1. The van der Waals surface area contributed by atoms with Gasteiger partial charge in [0.1, 0.15) is 6.61 Å².